The first-order valence-corrected chi connectivity index (χ1v) is 5.98. The Bertz CT molecular complexity index is 223. The molecule has 1 aliphatic carbocycles. The molecule has 0 aromatic heterocycles. The van der Waals surface area contributed by atoms with E-state index in [9.17, 15) is 5.11 Å². The van der Waals surface area contributed by atoms with Crippen LogP contribution in [0.4, 0.5) is 0 Å². The molecule has 3 heteroatoms. The zero-order valence-corrected chi connectivity index (χ0v) is 8.71. The lowest BCUT2D eigenvalue weighted by molar-refractivity contribution is 0.0161. The Kier molecular flexibility index (Phi) is 2.08. The average molecular weight is 196 g/mol. The molecule has 0 amide bonds. The lowest BCUT2D eigenvalue weighted by Gasteiger charge is -2.30. The quantitative estimate of drug-likeness (QED) is 0.668. The maximum Gasteiger partial charge on any atom is 0.0938 e. The van der Waals surface area contributed by atoms with Gasteiger partial charge < -0.3 is 10.4 Å². The molecule has 80 valence electrons. The van der Waals surface area contributed by atoms with Gasteiger partial charge in [0.25, 0.3) is 0 Å². The van der Waals surface area contributed by atoms with Gasteiger partial charge in [0, 0.05) is 25.2 Å². The van der Waals surface area contributed by atoms with E-state index in [1.165, 1.54) is 19.3 Å². The van der Waals surface area contributed by atoms with Crippen LogP contribution in [0, 0.1) is 0 Å². The topological polar surface area (TPSA) is 35.5 Å². The lowest BCUT2D eigenvalue weighted by atomic mass is 9.92. The second-order valence-electron chi connectivity index (χ2n) is 5.20. The highest BCUT2D eigenvalue weighted by Gasteiger charge is 2.46. The third kappa shape index (κ3) is 1.47. The first kappa shape index (κ1) is 9.13. The van der Waals surface area contributed by atoms with E-state index in [1.54, 1.807) is 0 Å². The number of likely N-dealkylation sites (tertiary alicyclic amines) is 1. The predicted molar refractivity (Wildman–Crippen MR) is 55.2 cm³/mol. The number of nitrogens with one attached hydrogen (secondary N) is 1. The second-order valence-corrected chi connectivity index (χ2v) is 5.20. The third-order valence-electron chi connectivity index (χ3n) is 4.08. The highest BCUT2D eigenvalue weighted by Crippen LogP contribution is 2.36. The van der Waals surface area contributed by atoms with E-state index in [4.69, 9.17) is 0 Å². The molecule has 3 fully saturated rings. The van der Waals surface area contributed by atoms with Gasteiger partial charge in [0.2, 0.25) is 0 Å². The van der Waals surface area contributed by atoms with Crippen LogP contribution in [-0.4, -0.2) is 47.3 Å². The summed E-state index contributed by atoms with van der Waals surface area (Å²) in [6, 6.07) is 1.18. The summed E-state index contributed by atoms with van der Waals surface area (Å²) in [4.78, 5) is 2.49. The molecule has 2 unspecified atom stereocenters. The summed E-state index contributed by atoms with van der Waals surface area (Å²) in [7, 11) is 0. The monoisotopic (exact) mass is 196 g/mol. The van der Waals surface area contributed by atoms with Gasteiger partial charge in [-0.15, -0.1) is 0 Å². The van der Waals surface area contributed by atoms with Crippen molar-refractivity contribution < 1.29 is 5.11 Å². The molecule has 0 aromatic carbocycles. The Morgan fingerprint density at radius 2 is 2.14 bits per heavy atom. The minimum absolute atomic E-state index is 0.367. The van der Waals surface area contributed by atoms with Crippen LogP contribution in [0.3, 0.4) is 0 Å². The van der Waals surface area contributed by atoms with Crippen LogP contribution >= 0.6 is 0 Å². The maximum absolute atomic E-state index is 10.5. The number of hydrogen-bond donors (Lipinski definition) is 2. The Balaban J connectivity index is 1.65. The molecule has 1 saturated carbocycles. The van der Waals surface area contributed by atoms with Crippen molar-refractivity contribution in [3.05, 3.63) is 0 Å². The molecule has 3 rings (SSSR count). The molecule has 2 saturated heterocycles. The molecule has 2 aliphatic heterocycles. The van der Waals surface area contributed by atoms with Crippen LogP contribution < -0.4 is 5.32 Å². The number of β-amino-alcohol motifs (C(OH)–C–C–N with tert-alkyl or cyclic N) is 1. The Morgan fingerprint density at radius 3 is 2.79 bits per heavy atom. The molecule has 0 spiro atoms. The smallest absolute Gasteiger partial charge is 0.0938 e. The van der Waals surface area contributed by atoms with Gasteiger partial charge in [-0.2, -0.15) is 0 Å². The molecule has 3 nitrogen and oxygen atoms in total. The molecule has 2 heterocycles. The highest BCUT2D eigenvalue weighted by molar-refractivity contribution is 5.03. The summed E-state index contributed by atoms with van der Waals surface area (Å²) < 4.78 is 0. The van der Waals surface area contributed by atoms with Gasteiger partial charge in [-0.3, -0.25) is 4.90 Å². The van der Waals surface area contributed by atoms with Gasteiger partial charge in [0.1, 0.15) is 0 Å². The van der Waals surface area contributed by atoms with E-state index >= 15 is 0 Å². The van der Waals surface area contributed by atoms with Crippen molar-refractivity contribution in [2.24, 2.45) is 0 Å². The van der Waals surface area contributed by atoms with Gasteiger partial charge in [0.05, 0.1) is 5.60 Å². The third-order valence-corrected chi connectivity index (χ3v) is 4.08. The predicted octanol–water partition coefficient (Wildman–Crippen LogP) is 0.338. The number of hydrogen-bond acceptors (Lipinski definition) is 3. The van der Waals surface area contributed by atoms with E-state index in [1.807, 2.05) is 0 Å². The van der Waals surface area contributed by atoms with Crippen LogP contribution in [-0.2, 0) is 0 Å². The lowest BCUT2D eigenvalue weighted by Crippen LogP contribution is -2.49. The van der Waals surface area contributed by atoms with Crippen molar-refractivity contribution in [1.82, 2.24) is 10.2 Å². The SMILES string of the molecule is OC1(C2CCCN2)CCN(C2CC2)C1. The highest BCUT2D eigenvalue weighted by atomic mass is 16.3. The molecule has 2 N–H and O–H groups in total. The fourth-order valence-corrected chi connectivity index (χ4v) is 3.03. The van der Waals surface area contributed by atoms with Crippen LogP contribution in [0.1, 0.15) is 32.1 Å². The molecule has 0 radical (unpaired) electrons. The first-order chi connectivity index (χ1) is 6.78. The van der Waals surface area contributed by atoms with Gasteiger partial charge in [-0.05, 0) is 38.6 Å². The number of rotatable bonds is 2. The van der Waals surface area contributed by atoms with Crippen molar-refractivity contribution in [2.75, 3.05) is 19.6 Å². The Morgan fingerprint density at radius 1 is 1.29 bits per heavy atom. The minimum Gasteiger partial charge on any atom is -0.387 e. The largest absolute Gasteiger partial charge is 0.387 e. The van der Waals surface area contributed by atoms with Crippen molar-refractivity contribution in [1.29, 1.82) is 0 Å². The first-order valence-electron chi connectivity index (χ1n) is 5.98. The summed E-state index contributed by atoms with van der Waals surface area (Å²) in [5.41, 5.74) is -0.418. The van der Waals surface area contributed by atoms with Gasteiger partial charge in [0.15, 0.2) is 0 Å². The van der Waals surface area contributed by atoms with Crippen molar-refractivity contribution in [2.45, 2.75) is 49.8 Å². The fourth-order valence-electron chi connectivity index (χ4n) is 3.03. The van der Waals surface area contributed by atoms with Crippen LogP contribution in [0.15, 0.2) is 0 Å². The van der Waals surface area contributed by atoms with Crippen molar-refractivity contribution >= 4 is 0 Å². The van der Waals surface area contributed by atoms with Crippen LogP contribution in [0.5, 0.6) is 0 Å². The van der Waals surface area contributed by atoms with Crippen molar-refractivity contribution in [3.8, 4) is 0 Å². The van der Waals surface area contributed by atoms with Gasteiger partial charge in [-0.1, -0.05) is 0 Å². The maximum atomic E-state index is 10.5. The molecular formula is C11H20N2O. The van der Waals surface area contributed by atoms with E-state index in [0.29, 0.717) is 6.04 Å². The molecule has 2 atom stereocenters. The normalized spacial score (nSPS) is 44.8. The fraction of sp³-hybridized carbons (Fsp3) is 1.00. The minimum atomic E-state index is -0.418. The number of nitrogens with zero attached hydrogens (tertiary/aromatic N) is 1. The van der Waals surface area contributed by atoms with Crippen LogP contribution in [0.25, 0.3) is 0 Å². The Hall–Kier alpha value is -0.120. The summed E-state index contributed by atoms with van der Waals surface area (Å²) in [5.74, 6) is 0. The van der Waals surface area contributed by atoms with E-state index < -0.39 is 5.60 Å². The Labute approximate surface area is 85.5 Å². The van der Waals surface area contributed by atoms with Gasteiger partial charge >= 0.3 is 0 Å². The molecule has 3 aliphatic rings. The van der Waals surface area contributed by atoms with E-state index in [2.05, 4.69) is 10.2 Å². The number of aliphatic hydroxyl groups is 1. The molecule has 0 bridgehead atoms. The summed E-state index contributed by atoms with van der Waals surface area (Å²) in [5, 5.41) is 14.0. The van der Waals surface area contributed by atoms with Crippen molar-refractivity contribution in [3.63, 3.8) is 0 Å². The van der Waals surface area contributed by atoms with Crippen LogP contribution in [0.2, 0.25) is 0 Å². The zero-order chi connectivity index (χ0) is 9.60. The molecule has 0 aromatic rings. The zero-order valence-electron chi connectivity index (χ0n) is 8.71. The molecule has 14 heavy (non-hydrogen) atoms. The van der Waals surface area contributed by atoms with E-state index in [0.717, 1.165) is 38.5 Å². The van der Waals surface area contributed by atoms with Gasteiger partial charge in [-0.25, -0.2) is 0 Å². The summed E-state index contributed by atoms with van der Waals surface area (Å²) >= 11 is 0. The summed E-state index contributed by atoms with van der Waals surface area (Å²) in [6.07, 6.45) is 6.08. The second kappa shape index (κ2) is 3.19. The summed E-state index contributed by atoms with van der Waals surface area (Å²) in [6.45, 7) is 3.12. The standard InChI is InChI=1S/C11H20N2O/c14-11(10-2-1-6-12-10)5-7-13(8-11)9-3-4-9/h9-10,12,14H,1-8H2. The molecular weight excluding hydrogens is 176 g/mol. The average Bonchev–Trinajstić information content (AvgIpc) is 2.74. The van der Waals surface area contributed by atoms with E-state index in [-0.39, 0.29) is 0 Å².